The number of hydrogen-bond donors (Lipinski definition) is 0. The van der Waals surface area contributed by atoms with Crippen molar-refractivity contribution in [1.29, 1.82) is 0 Å². The largest absolute Gasteiger partial charge is 0.375 e. The molecule has 2 fully saturated rings. The molecule has 28 heavy (non-hydrogen) atoms. The molecule has 0 radical (unpaired) electrons. The number of nitrogens with zero attached hydrogens (tertiary/aromatic N) is 2. The Hall–Kier alpha value is -1.81. The third-order valence-electron chi connectivity index (χ3n) is 6.83. The first-order valence-corrected chi connectivity index (χ1v) is 10.8. The van der Waals surface area contributed by atoms with Gasteiger partial charge < -0.3 is 4.74 Å². The first-order valence-electron chi connectivity index (χ1n) is 10.8. The van der Waals surface area contributed by atoms with Crippen LogP contribution in [0.3, 0.4) is 0 Å². The van der Waals surface area contributed by atoms with Gasteiger partial charge in [-0.3, -0.25) is 9.97 Å². The van der Waals surface area contributed by atoms with Crippen molar-refractivity contribution in [2.75, 3.05) is 6.61 Å². The van der Waals surface area contributed by atoms with Gasteiger partial charge in [-0.1, -0.05) is 25.3 Å². The van der Waals surface area contributed by atoms with E-state index in [2.05, 4.69) is 17.1 Å². The van der Waals surface area contributed by atoms with Crippen LogP contribution in [0.4, 0.5) is 4.39 Å². The zero-order valence-corrected chi connectivity index (χ0v) is 16.9. The average Bonchev–Trinajstić information content (AvgIpc) is 3.16. The van der Waals surface area contributed by atoms with Gasteiger partial charge in [0.25, 0.3) is 0 Å². The standard InChI is InChI=1S/C24H31FN2O/c1-19-21(25)16-20(17-27-19)8-2-4-10-23(22-9-3-7-14-26-22)13-15-28-24(18-23)11-5-6-12-24/h3,7,9,14,16-17H,2,4-6,8,10-13,15,18H2,1H3. The summed E-state index contributed by atoms with van der Waals surface area (Å²) in [6, 6.07) is 7.95. The van der Waals surface area contributed by atoms with Gasteiger partial charge in [0.05, 0.1) is 11.3 Å². The highest BCUT2D eigenvalue weighted by atomic mass is 19.1. The first kappa shape index (κ1) is 19.5. The summed E-state index contributed by atoms with van der Waals surface area (Å²) in [5.41, 5.74) is 2.88. The molecule has 0 amide bonds. The molecule has 4 heteroatoms. The SMILES string of the molecule is Cc1ncc(CCCCC2(c3ccccn3)CCOC3(CCCC3)C2)cc1F. The number of pyridine rings is 2. The minimum absolute atomic E-state index is 0.0692. The molecule has 2 aliphatic rings. The van der Waals surface area contributed by atoms with Crippen LogP contribution in [0.1, 0.15) is 74.7 Å². The van der Waals surface area contributed by atoms with Gasteiger partial charge in [-0.25, -0.2) is 4.39 Å². The zero-order valence-electron chi connectivity index (χ0n) is 16.9. The number of aromatic nitrogens is 2. The molecule has 150 valence electrons. The van der Waals surface area contributed by atoms with Crippen LogP contribution in [-0.4, -0.2) is 22.2 Å². The maximum atomic E-state index is 13.7. The van der Waals surface area contributed by atoms with Gasteiger partial charge in [-0.15, -0.1) is 0 Å². The second-order valence-corrected chi connectivity index (χ2v) is 8.78. The summed E-state index contributed by atoms with van der Waals surface area (Å²) in [6.45, 7) is 2.55. The van der Waals surface area contributed by atoms with E-state index in [1.165, 1.54) is 31.4 Å². The predicted octanol–water partition coefficient (Wildman–Crippen LogP) is 5.70. The molecule has 3 heterocycles. The maximum absolute atomic E-state index is 13.7. The summed E-state index contributed by atoms with van der Waals surface area (Å²) in [4.78, 5) is 8.93. The quantitative estimate of drug-likeness (QED) is 0.601. The molecule has 1 unspecified atom stereocenters. The third-order valence-corrected chi connectivity index (χ3v) is 6.83. The van der Waals surface area contributed by atoms with Crippen LogP contribution in [-0.2, 0) is 16.6 Å². The summed E-state index contributed by atoms with van der Waals surface area (Å²) in [5, 5.41) is 0. The van der Waals surface area contributed by atoms with Crippen LogP contribution >= 0.6 is 0 Å². The highest BCUT2D eigenvalue weighted by Gasteiger charge is 2.48. The Morgan fingerprint density at radius 2 is 1.96 bits per heavy atom. The highest BCUT2D eigenvalue weighted by molar-refractivity contribution is 5.21. The maximum Gasteiger partial charge on any atom is 0.144 e. The molecule has 1 aliphatic heterocycles. The van der Waals surface area contributed by atoms with Crippen molar-refractivity contribution in [3.63, 3.8) is 0 Å². The molecule has 0 N–H and O–H groups in total. The number of halogens is 1. The molecule has 3 nitrogen and oxygen atoms in total. The van der Waals surface area contributed by atoms with Gasteiger partial charge in [-0.2, -0.15) is 0 Å². The Balaban J connectivity index is 1.45. The molecule has 1 atom stereocenters. The van der Waals surface area contributed by atoms with Gasteiger partial charge in [0.1, 0.15) is 5.82 Å². The first-order chi connectivity index (χ1) is 13.6. The Bertz CT molecular complexity index is 788. The fourth-order valence-electron chi connectivity index (χ4n) is 5.27. The van der Waals surface area contributed by atoms with E-state index in [-0.39, 0.29) is 16.8 Å². The second-order valence-electron chi connectivity index (χ2n) is 8.78. The van der Waals surface area contributed by atoms with E-state index in [9.17, 15) is 4.39 Å². The van der Waals surface area contributed by atoms with E-state index in [1.807, 2.05) is 18.5 Å². The van der Waals surface area contributed by atoms with Crippen LogP contribution in [0.2, 0.25) is 0 Å². The minimum Gasteiger partial charge on any atom is -0.375 e. The predicted molar refractivity (Wildman–Crippen MR) is 109 cm³/mol. The van der Waals surface area contributed by atoms with Crippen molar-refractivity contribution in [3.8, 4) is 0 Å². The molecule has 2 aromatic rings. The van der Waals surface area contributed by atoms with E-state index >= 15 is 0 Å². The number of aryl methyl sites for hydroxylation is 2. The van der Waals surface area contributed by atoms with Gasteiger partial charge in [0.15, 0.2) is 0 Å². The monoisotopic (exact) mass is 382 g/mol. The fraction of sp³-hybridized carbons (Fsp3) is 0.583. The summed E-state index contributed by atoms with van der Waals surface area (Å²) in [6.07, 6.45) is 15.0. The number of rotatable bonds is 6. The molecule has 1 saturated carbocycles. The lowest BCUT2D eigenvalue weighted by Gasteiger charge is -2.46. The second kappa shape index (κ2) is 8.28. The molecule has 0 bridgehead atoms. The van der Waals surface area contributed by atoms with E-state index < -0.39 is 0 Å². The van der Waals surface area contributed by atoms with E-state index in [4.69, 9.17) is 9.72 Å². The molecule has 1 aliphatic carbocycles. The van der Waals surface area contributed by atoms with Crippen LogP contribution in [0.15, 0.2) is 36.7 Å². The lowest BCUT2D eigenvalue weighted by atomic mass is 9.67. The van der Waals surface area contributed by atoms with E-state index in [0.29, 0.717) is 5.69 Å². The smallest absolute Gasteiger partial charge is 0.144 e. The van der Waals surface area contributed by atoms with Gasteiger partial charge >= 0.3 is 0 Å². The van der Waals surface area contributed by atoms with Crippen LogP contribution in [0, 0.1) is 12.7 Å². The molecule has 2 aromatic heterocycles. The van der Waals surface area contributed by atoms with Gasteiger partial charge in [0, 0.05) is 30.1 Å². The van der Waals surface area contributed by atoms with Gasteiger partial charge in [0.2, 0.25) is 0 Å². The van der Waals surface area contributed by atoms with Crippen LogP contribution < -0.4 is 0 Å². The van der Waals surface area contributed by atoms with Crippen molar-refractivity contribution in [1.82, 2.24) is 9.97 Å². The Morgan fingerprint density at radius 3 is 2.71 bits per heavy atom. The van der Waals surface area contributed by atoms with Crippen molar-refractivity contribution >= 4 is 0 Å². The van der Waals surface area contributed by atoms with Crippen molar-refractivity contribution in [3.05, 3.63) is 59.4 Å². The summed E-state index contributed by atoms with van der Waals surface area (Å²) < 4.78 is 20.1. The van der Waals surface area contributed by atoms with Crippen molar-refractivity contribution < 1.29 is 9.13 Å². The van der Waals surface area contributed by atoms with E-state index in [0.717, 1.165) is 50.7 Å². The van der Waals surface area contributed by atoms with Crippen molar-refractivity contribution in [2.45, 2.75) is 82.1 Å². The summed E-state index contributed by atoms with van der Waals surface area (Å²) in [5.74, 6) is -0.199. The molecule has 0 aromatic carbocycles. The molecular weight excluding hydrogens is 351 g/mol. The number of ether oxygens (including phenoxy) is 1. The van der Waals surface area contributed by atoms with Gasteiger partial charge in [-0.05, 0) is 75.6 Å². The molecular formula is C24H31FN2O. The van der Waals surface area contributed by atoms with Crippen LogP contribution in [0.25, 0.3) is 0 Å². The zero-order chi connectivity index (χ0) is 19.5. The van der Waals surface area contributed by atoms with Crippen molar-refractivity contribution in [2.24, 2.45) is 0 Å². The third kappa shape index (κ3) is 4.12. The number of hydrogen-bond acceptors (Lipinski definition) is 3. The Labute approximate surface area is 167 Å². The normalized spacial score (nSPS) is 23.9. The molecule has 4 rings (SSSR count). The lowest BCUT2D eigenvalue weighted by Crippen LogP contribution is -2.46. The fourth-order valence-corrected chi connectivity index (χ4v) is 5.27. The lowest BCUT2D eigenvalue weighted by molar-refractivity contribution is -0.104. The summed E-state index contributed by atoms with van der Waals surface area (Å²) in [7, 11) is 0. The minimum atomic E-state index is -0.199. The number of unbranched alkanes of at least 4 members (excludes halogenated alkanes) is 1. The molecule has 1 saturated heterocycles. The average molecular weight is 383 g/mol. The highest BCUT2D eigenvalue weighted by Crippen LogP contribution is 2.50. The Kier molecular flexibility index (Phi) is 5.77. The molecule has 1 spiro atoms. The topological polar surface area (TPSA) is 35.0 Å². The van der Waals surface area contributed by atoms with Crippen LogP contribution in [0.5, 0.6) is 0 Å². The summed E-state index contributed by atoms with van der Waals surface area (Å²) >= 11 is 0. The Morgan fingerprint density at radius 1 is 1.11 bits per heavy atom. The van der Waals surface area contributed by atoms with E-state index in [1.54, 1.807) is 13.0 Å².